The van der Waals surface area contributed by atoms with Gasteiger partial charge < -0.3 is 14.5 Å². The molecule has 0 N–H and O–H groups in total. The van der Waals surface area contributed by atoms with Gasteiger partial charge in [0.05, 0.1) is 12.2 Å². The number of carbonyl (C=O) groups excluding carboxylic acids is 2. The zero-order chi connectivity index (χ0) is 27.1. The molecule has 0 radical (unpaired) electrons. The number of ether oxygens (including phenoxy) is 1. The number of aromatic nitrogens is 1. The summed E-state index contributed by atoms with van der Waals surface area (Å²) in [5.41, 5.74) is 3.81. The summed E-state index contributed by atoms with van der Waals surface area (Å²) in [5, 5.41) is 0. The highest BCUT2D eigenvalue weighted by atomic mass is 16.5. The third-order valence-corrected chi connectivity index (χ3v) is 7.06. The topological polar surface area (TPSA) is 66.0 Å². The van der Waals surface area contributed by atoms with Crippen molar-refractivity contribution in [3.05, 3.63) is 89.2 Å². The van der Waals surface area contributed by atoms with Crippen molar-refractivity contribution in [2.45, 2.75) is 46.7 Å². The second-order valence-corrected chi connectivity index (χ2v) is 9.92. The minimum atomic E-state index is -0.0975. The Morgan fingerprint density at radius 1 is 0.921 bits per heavy atom. The van der Waals surface area contributed by atoms with E-state index in [0.29, 0.717) is 49.2 Å². The molecule has 0 fully saturated rings. The second-order valence-electron chi connectivity index (χ2n) is 9.92. The Labute approximate surface area is 226 Å². The number of benzene rings is 2. The fraction of sp³-hybridized carbons (Fsp3) is 0.387. The van der Waals surface area contributed by atoms with Gasteiger partial charge in [0.2, 0.25) is 0 Å². The minimum absolute atomic E-state index is 0.0257. The number of para-hydroxylation sites is 2. The van der Waals surface area contributed by atoms with Crippen molar-refractivity contribution in [3.63, 3.8) is 0 Å². The number of carbonyl (C=O) groups is 2. The lowest BCUT2D eigenvalue weighted by atomic mass is 10.1. The molecule has 0 atom stereocenters. The molecule has 200 valence electrons. The Kier molecular flexibility index (Phi) is 9.13. The molecule has 2 amide bonds. The van der Waals surface area contributed by atoms with Crippen molar-refractivity contribution in [1.29, 1.82) is 0 Å². The third kappa shape index (κ3) is 6.22. The molecule has 1 aliphatic rings. The molecule has 0 spiro atoms. The predicted octanol–water partition coefficient (Wildman–Crippen LogP) is 5.19. The lowest BCUT2D eigenvalue weighted by Gasteiger charge is -2.30. The summed E-state index contributed by atoms with van der Waals surface area (Å²) in [6, 6.07) is 17.4. The molecule has 0 saturated heterocycles. The first-order chi connectivity index (χ1) is 18.4. The van der Waals surface area contributed by atoms with Gasteiger partial charge in [0.1, 0.15) is 5.75 Å². The highest BCUT2D eigenvalue weighted by Gasteiger charge is 2.27. The fourth-order valence-corrected chi connectivity index (χ4v) is 4.96. The van der Waals surface area contributed by atoms with E-state index in [2.05, 4.69) is 23.7 Å². The van der Waals surface area contributed by atoms with E-state index >= 15 is 0 Å². The van der Waals surface area contributed by atoms with Gasteiger partial charge in [-0.3, -0.25) is 19.5 Å². The first-order valence-electron chi connectivity index (χ1n) is 13.5. The first kappa shape index (κ1) is 27.3. The number of nitrogens with zero attached hydrogens (tertiary/aromatic N) is 4. The van der Waals surface area contributed by atoms with E-state index in [4.69, 9.17) is 4.74 Å². The standard InChI is InChI=1S/C31H38N4O3/c1-5-38-29-14-9-7-12-27(29)31(37)35-18-10-17-33(23(2)3)19-20-34(22-25-11-6-8-13-28(25)35)30(36)26-15-16-32-21-24(26)4/h6-9,11-16,21,23H,5,10,17-20,22H2,1-4H3. The maximum Gasteiger partial charge on any atom is 0.262 e. The van der Waals surface area contributed by atoms with E-state index in [-0.39, 0.29) is 11.8 Å². The van der Waals surface area contributed by atoms with Gasteiger partial charge >= 0.3 is 0 Å². The molecule has 3 aromatic rings. The summed E-state index contributed by atoms with van der Waals surface area (Å²) in [6.07, 6.45) is 4.20. The molecule has 4 rings (SSSR count). The number of pyridine rings is 1. The van der Waals surface area contributed by atoms with Crippen molar-refractivity contribution < 1.29 is 14.3 Å². The van der Waals surface area contributed by atoms with E-state index in [0.717, 1.165) is 36.3 Å². The largest absolute Gasteiger partial charge is 0.493 e. The van der Waals surface area contributed by atoms with Gasteiger partial charge in [-0.05, 0) is 69.5 Å². The molecule has 0 unspecified atom stereocenters. The van der Waals surface area contributed by atoms with Gasteiger partial charge in [-0.25, -0.2) is 0 Å². The molecule has 7 heteroatoms. The lowest BCUT2D eigenvalue weighted by Crippen LogP contribution is -2.41. The van der Waals surface area contributed by atoms with Crippen LogP contribution in [-0.4, -0.2) is 65.4 Å². The quantitative estimate of drug-likeness (QED) is 0.469. The van der Waals surface area contributed by atoms with Crippen LogP contribution in [0.15, 0.2) is 67.0 Å². The molecule has 0 saturated carbocycles. The number of amides is 2. The van der Waals surface area contributed by atoms with Crippen LogP contribution in [0.2, 0.25) is 0 Å². The van der Waals surface area contributed by atoms with Crippen LogP contribution in [0.25, 0.3) is 0 Å². The number of anilines is 1. The van der Waals surface area contributed by atoms with Crippen molar-refractivity contribution in [2.75, 3.05) is 37.7 Å². The monoisotopic (exact) mass is 514 g/mol. The summed E-state index contributed by atoms with van der Waals surface area (Å²) in [7, 11) is 0. The average molecular weight is 515 g/mol. The molecule has 2 aromatic carbocycles. The molecule has 0 aliphatic carbocycles. The van der Waals surface area contributed by atoms with Gasteiger partial charge in [-0.15, -0.1) is 0 Å². The second kappa shape index (κ2) is 12.7. The number of hydrogen-bond acceptors (Lipinski definition) is 5. The van der Waals surface area contributed by atoms with Crippen LogP contribution in [0.5, 0.6) is 5.75 Å². The first-order valence-corrected chi connectivity index (χ1v) is 13.5. The normalized spacial score (nSPS) is 15.1. The SMILES string of the molecule is CCOc1ccccc1C(=O)N1CCCN(C(C)C)CCN(C(=O)c2ccncc2C)Cc2ccccc21. The smallest absolute Gasteiger partial charge is 0.262 e. The van der Waals surface area contributed by atoms with Gasteiger partial charge in [0.25, 0.3) is 11.8 Å². The van der Waals surface area contributed by atoms with Gasteiger partial charge in [-0.1, -0.05) is 30.3 Å². The van der Waals surface area contributed by atoms with E-state index in [1.54, 1.807) is 18.5 Å². The van der Waals surface area contributed by atoms with E-state index < -0.39 is 0 Å². The predicted molar refractivity (Wildman–Crippen MR) is 151 cm³/mol. The van der Waals surface area contributed by atoms with Gasteiger partial charge in [-0.2, -0.15) is 0 Å². The Bertz CT molecular complexity index is 1260. The van der Waals surface area contributed by atoms with E-state index in [1.165, 1.54) is 0 Å². The summed E-state index contributed by atoms with van der Waals surface area (Å²) < 4.78 is 5.80. The number of rotatable bonds is 5. The Morgan fingerprint density at radius 2 is 1.68 bits per heavy atom. The van der Waals surface area contributed by atoms with Crippen molar-refractivity contribution in [2.24, 2.45) is 0 Å². The van der Waals surface area contributed by atoms with Crippen molar-refractivity contribution >= 4 is 17.5 Å². The summed E-state index contributed by atoms with van der Waals surface area (Å²) in [6.45, 7) is 11.8. The van der Waals surface area contributed by atoms with Crippen LogP contribution in [0.3, 0.4) is 0 Å². The molecule has 7 nitrogen and oxygen atoms in total. The Balaban J connectivity index is 1.76. The minimum Gasteiger partial charge on any atom is -0.493 e. The summed E-state index contributed by atoms with van der Waals surface area (Å²) in [4.78, 5) is 38.1. The third-order valence-electron chi connectivity index (χ3n) is 7.06. The highest BCUT2D eigenvalue weighted by molar-refractivity contribution is 6.08. The zero-order valence-electron chi connectivity index (χ0n) is 22.9. The number of hydrogen-bond donors (Lipinski definition) is 0. The fourth-order valence-electron chi connectivity index (χ4n) is 4.96. The average Bonchev–Trinajstić information content (AvgIpc) is 2.95. The van der Waals surface area contributed by atoms with Crippen LogP contribution in [0.4, 0.5) is 5.69 Å². The molecule has 2 heterocycles. The molecular formula is C31H38N4O3. The number of aryl methyl sites for hydroxylation is 1. The number of fused-ring (bicyclic) bond motifs is 1. The van der Waals surface area contributed by atoms with Crippen LogP contribution < -0.4 is 9.64 Å². The van der Waals surface area contributed by atoms with Gasteiger partial charge in [0.15, 0.2) is 0 Å². The molecule has 38 heavy (non-hydrogen) atoms. The van der Waals surface area contributed by atoms with Crippen LogP contribution in [-0.2, 0) is 6.54 Å². The van der Waals surface area contributed by atoms with Gasteiger partial charge in [0, 0.05) is 62.4 Å². The van der Waals surface area contributed by atoms with E-state index in [9.17, 15) is 9.59 Å². The molecular weight excluding hydrogens is 476 g/mol. The lowest BCUT2D eigenvalue weighted by molar-refractivity contribution is 0.0711. The van der Waals surface area contributed by atoms with Crippen molar-refractivity contribution in [3.8, 4) is 5.75 Å². The summed E-state index contributed by atoms with van der Waals surface area (Å²) in [5.74, 6) is 0.461. The zero-order valence-corrected chi connectivity index (χ0v) is 22.9. The van der Waals surface area contributed by atoms with Crippen LogP contribution in [0.1, 0.15) is 59.0 Å². The van der Waals surface area contributed by atoms with Crippen LogP contribution >= 0.6 is 0 Å². The van der Waals surface area contributed by atoms with Crippen molar-refractivity contribution in [1.82, 2.24) is 14.8 Å². The summed E-state index contributed by atoms with van der Waals surface area (Å²) >= 11 is 0. The Hall–Kier alpha value is -3.71. The highest BCUT2D eigenvalue weighted by Crippen LogP contribution is 2.28. The maximum absolute atomic E-state index is 14.0. The molecule has 0 bridgehead atoms. The molecule has 1 aliphatic heterocycles. The van der Waals surface area contributed by atoms with E-state index in [1.807, 2.05) is 72.2 Å². The molecule has 1 aromatic heterocycles. The van der Waals surface area contributed by atoms with Crippen LogP contribution in [0, 0.1) is 6.92 Å². The maximum atomic E-state index is 14.0. The Morgan fingerprint density at radius 3 is 2.45 bits per heavy atom.